The number of halogens is 3. The summed E-state index contributed by atoms with van der Waals surface area (Å²) in [6, 6.07) is 5.00. The van der Waals surface area contributed by atoms with Crippen molar-refractivity contribution in [1.82, 2.24) is 9.88 Å². The van der Waals surface area contributed by atoms with Gasteiger partial charge in [-0.15, -0.1) is 0 Å². The van der Waals surface area contributed by atoms with Crippen molar-refractivity contribution in [2.45, 2.75) is 31.2 Å². The van der Waals surface area contributed by atoms with Crippen molar-refractivity contribution in [3.63, 3.8) is 0 Å². The van der Waals surface area contributed by atoms with Gasteiger partial charge in [0, 0.05) is 25.4 Å². The van der Waals surface area contributed by atoms with E-state index in [9.17, 15) is 13.2 Å². The zero-order valence-corrected chi connectivity index (χ0v) is 11.8. The predicted molar refractivity (Wildman–Crippen MR) is 71.1 cm³/mol. The van der Waals surface area contributed by atoms with Crippen molar-refractivity contribution in [1.29, 1.82) is 5.26 Å². The number of piperidine rings is 1. The highest BCUT2D eigenvalue weighted by Gasteiger charge is 2.39. The van der Waals surface area contributed by atoms with Crippen LogP contribution in [0.4, 0.5) is 13.2 Å². The van der Waals surface area contributed by atoms with E-state index in [0.29, 0.717) is 24.9 Å². The quantitative estimate of drug-likeness (QED) is 0.916. The number of likely N-dealkylation sites (tertiary alicyclic amines) is 1. The third-order valence-electron chi connectivity index (χ3n) is 3.42. The summed E-state index contributed by atoms with van der Waals surface area (Å²) in [5, 5.41) is 17.9. The first-order valence-corrected chi connectivity index (χ1v) is 6.88. The monoisotopic (exact) mass is 315 g/mol. The number of nitrogens with zero attached hydrogens (tertiary/aromatic N) is 3. The summed E-state index contributed by atoms with van der Waals surface area (Å²) in [6.45, 7) is 0.305. The van der Waals surface area contributed by atoms with Crippen molar-refractivity contribution < 1.29 is 23.0 Å². The molecular weight excluding hydrogens is 299 g/mol. The Morgan fingerprint density at radius 2 is 2.32 bits per heavy atom. The first-order valence-electron chi connectivity index (χ1n) is 6.88. The molecule has 1 aromatic heterocycles. The van der Waals surface area contributed by atoms with Crippen molar-refractivity contribution in [2.75, 3.05) is 19.6 Å². The Morgan fingerprint density at radius 3 is 3.00 bits per heavy atom. The molecule has 1 fully saturated rings. The summed E-state index contributed by atoms with van der Waals surface area (Å²) in [5.74, 6) is 0.280. The molecule has 0 radical (unpaired) electrons. The van der Waals surface area contributed by atoms with Gasteiger partial charge in [-0.1, -0.05) is 0 Å². The van der Waals surface area contributed by atoms with Gasteiger partial charge in [-0.2, -0.15) is 18.4 Å². The van der Waals surface area contributed by atoms with Crippen LogP contribution in [-0.4, -0.2) is 53.0 Å². The van der Waals surface area contributed by atoms with E-state index in [1.54, 1.807) is 6.07 Å². The fourth-order valence-corrected chi connectivity index (χ4v) is 2.34. The van der Waals surface area contributed by atoms with Gasteiger partial charge in [0.25, 0.3) is 0 Å². The fourth-order valence-electron chi connectivity index (χ4n) is 2.34. The summed E-state index contributed by atoms with van der Waals surface area (Å²) in [7, 11) is 0. The summed E-state index contributed by atoms with van der Waals surface area (Å²) in [6.07, 6.45) is -4.47. The largest absolute Gasteiger partial charge is 0.473 e. The lowest BCUT2D eigenvalue weighted by molar-refractivity contribution is -0.209. The Labute approximate surface area is 125 Å². The van der Waals surface area contributed by atoms with E-state index in [1.165, 1.54) is 17.2 Å². The molecule has 2 heterocycles. The van der Waals surface area contributed by atoms with Crippen LogP contribution in [0.2, 0.25) is 0 Å². The zero-order valence-electron chi connectivity index (χ0n) is 11.8. The van der Waals surface area contributed by atoms with Gasteiger partial charge >= 0.3 is 6.18 Å². The molecule has 5 nitrogen and oxygen atoms in total. The minimum atomic E-state index is -4.61. The highest BCUT2D eigenvalue weighted by atomic mass is 19.4. The van der Waals surface area contributed by atoms with E-state index in [0.717, 1.165) is 0 Å². The van der Waals surface area contributed by atoms with E-state index in [4.69, 9.17) is 15.1 Å². The smallest absolute Gasteiger partial charge is 0.415 e. The second-order valence-electron chi connectivity index (χ2n) is 5.19. The minimum Gasteiger partial charge on any atom is -0.473 e. The van der Waals surface area contributed by atoms with E-state index < -0.39 is 18.8 Å². The minimum absolute atomic E-state index is 0.280. The van der Waals surface area contributed by atoms with Gasteiger partial charge in [0.2, 0.25) is 5.88 Å². The molecule has 0 spiro atoms. The Bertz CT molecular complexity index is 545. The van der Waals surface area contributed by atoms with E-state index in [2.05, 4.69) is 4.98 Å². The molecule has 1 saturated heterocycles. The highest BCUT2D eigenvalue weighted by molar-refractivity contribution is 5.31. The van der Waals surface area contributed by atoms with E-state index in [-0.39, 0.29) is 18.5 Å². The Hall–Kier alpha value is -1.85. The topological polar surface area (TPSA) is 69.4 Å². The number of pyridine rings is 1. The number of aromatic nitrogens is 1. The van der Waals surface area contributed by atoms with Crippen molar-refractivity contribution in [2.24, 2.45) is 0 Å². The summed E-state index contributed by atoms with van der Waals surface area (Å²) in [5.41, 5.74) is 0.408. The van der Waals surface area contributed by atoms with Crippen LogP contribution in [0.25, 0.3) is 0 Å². The molecule has 0 amide bonds. The molecular formula is C14H16F3N3O2. The molecule has 120 valence electrons. The van der Waals surface area contributed by atoms with Gasteiger partial charge in [-0.3, -0.25) is 4.90 Å². The number of alkyl halides is 3. The first-order chi connectivity index (χ1) is 10.4. The molecule has 8 heteroatoms. The molecule has 1 aromatic rings. The predicted octanol–water partition coefficient (Wildman–Crippen LogP) is 1.72. The van der Waals surface area contributed by atoms with Gasteiger partial charge < -0.3 is 9.84 Å². The van der Waals surface area contributed by atoms with Crippen molar-refractivity contribution in [3.05, 3.63) is 23.9 Å². The van der Waals surface area contributed by atoms with Crippen molar-refractivity contribution >= 4 is 0 Å². The third kappa shape index (κ3) is 4.58. The Balaban J connectivity index is 1.92. The molecule has 0 aliphatic carbocycles. The first kappa shape index (κ1) is 16.5. The summed E-state index contributed by atoms with van der Waals surface area (Å²) >= 11 is 0. The lowest BCUT2D eigenvalue weighted by atomic mass is 10.1. The molecule has 22 heavy (non-hydrogen) atoms. The fraction of sp³-hybridized carbons (Fsp3) is 0.571. The number of hydrogen-bond acceptors (Lipinski definition) is 5. The molecule has 0 saturated carbocycles. The summed E-state index contributed by atoms with van der Waals surface area (Å²) < 4.78 is 42.8. The molecule has 2 atom stereocenters. The van der Waals surface area contributed by atoms with Crippen LogP contribution >= 0.6 is 0 Å². The maximum Gasteiger partial charge on any atom is 0.415 e. The summed E-state index contributed by atoms with van der Waals surface area (Å²) in [4.78, 5) is 5.51. The van der Waals surface area contributed by atoms with Crippen LogP contribution in [0.5, 0.6) is 5.88 Å². The van der Waals surface area contributed by atoms with Gasteiger partial charge in [0.15, 0.2) is 6.10 Å². The number of ether oxygens (including phenoxy) is 1. The molecule has 0 aromatic carbocycles. The third-order valence-corrected chi connectivity index (χ3v) is 3.42. The Kier molecular flexibility index (Phi) is 5.21. The average Bonchev–Trinajstić information content (AvgIpc) is 2.47. The van der Waals surface area contributed by atoms with Gasteiger partial charge in [0.05, 0.1) is 11.6 Å². The number of aliphatic hydroxyl groups is 1. The van der Waals surface area contributed by atoms with E-state index in [1.807, 2.05) is 6.07 Å². The standard InChI is InChI=1S/C14H16F3N3O2/c15-14(16,17)12(21)9-20-5-1-2-11(8-20)22-13-6-10(7-18)3-4-19-13/h3-4,6,11-12,21H,1-2,5,8-9H2/t11?,12-/m0/s1. The van der Waals surface area contributed by atoms with Crippen LogP contribution < -0.4 is 4.74 Å². The maximum atomic E-state index is 12.4. The molecule has 1 aliphatic rings. The molecule has 1 unspecified atom stereocenters. The number of hydrogen-bond donors (Lipinski definition) is 1. The second-order valence-corrected chi connectivity index (χ2v) is 5.19. The number of rotatable bonds is 4. The highest BCUT2D eigenvalue weighted by Crippen LogP contribution is 2.23. The van der Waals surface area contributed by atoms with Gasteiger partial charge in [-0.25, -0.2) is 4.98 Å². The molecule has 1 N–H and O–H groups in total. The molecule has 1 aliphatic heterocycles. The average molecular weight is 315 g/mol. The number of nitriles is 1. The van der Waals surface area contributed by atoms with Crippen LogP contribution in [0.15, 0.2) is 18.3 Å². The maximum absolute atomic E-state index is 12.4. The number of β-amino-alcohol motifs (C(OH)–C–C–N with tert-alkyl or cyclic N) is 1. The van der Waals surface area contributed by atoms with Gasteiger partial charge in [0.1, 0.15) is 6.10 Å². The van der Waals surface area contributed by atoms with Crippen molar-refractivity contribution in [3.8, 4) is 11.9 Å². The lowest BCUT2D eigenvalue weighted by Gasteiger charge is -2.34. The lowest BCUT2D eigenvalue weighted by Crippen LogP contribution is -2.47. The second kappa shape index (κ2) is 6.94. The van der Waals surface area contributed by atoms with Gasteiger partial charge in [-0.05, 0) is 25.5 Å². The SMILES string of the molecule is N#Cc1ccnc(OC2CCCN(C[C@H](O)C(F)(F)F)C2)c1. The van der Waals surface area contributed by atoms with Crippen LogP contribution in [0.3, 0.4) is 0 Å². The molecule has 0 bridgehead atoms. The van der Waals surface area contributed by atoms with Crippen LogP contribution in [0, 0.1) is 11.3 Å². The van der Waals surface area contributed by atoms with Crippen LogP contribution in [0.1, 0.15) is 18.4 Å². The normalized spacial score (nSPS) is 21.1. The Morgan fingerprint density at radius 1 is 1.55 bits per heavy atom. The van der Waals surface area contributed by atoms with Crippen LogP contribution in [-0.2, 0) is 0 Å². The zero-order chi connectivity index (χ0) is 16.2. The number of aliphatic hydroxyl groups excluding tert-OH is 1. The van der Waals surface area contributed by atoms with E-state index >= 15 is 0 Å². The molecule has 2 rings (SSSR count).